The Balaban J connectivity index is 0.000000292. The van der Waals surface area contributed by atoms with Crippen LogP contribution in [0.2, 0.25) is 10.2 Å². The van der Waals surface area contributed by atoms with E-state index in [0.29, 0.717) is 0 Å². The van der Waals surface area contributed by atoms with Crippen LogP contribution in [0.1, 0.15) is 0 Å². The maximum absolute atomic E-state index is 12.1. The zero-order chi connectivity index (χ0) is 11.1. The third-order valence-corrected chi connectivity index (χ3v) is 1.57. The summed E-state index contributed by atoms with van der Waals surface area (Å²) in [5.41, 5.74) is 0. The molecule has 0 saturated carbocycles. The summed E-state index contributed by atoms with van der Waals surface area (Å²) in [6.07, 6.45) is 0. The van der Waals surface area contributed by atoms with Crippen LogP contribution in [-0.4, -0.2) is 22.7 Å². The molecule has 14 heavy (non-hydrogen) atoms. The lowest BCUT2D eigenvalue weighted by molar-refractivity contribution is -0.137. The maximum Gasteiger partial charge on any atom is 0.335 e. The van der Waals surface area contributed by atoms with Gasteiger partial charge >= 0.3 is 5.97 Å². The van der Waals surface area contributed by atoms with E-state index < -0.39 is 18.6 Å². The van der Waals surface area contributed by atoms with Gasteiger partial charge in [0, 0.05) is 0 Å². The van der Waals surface area contributed by atoms with Gasteiger partial charge in [0.25, 0.3) is 0 Å². The number of hydrogen-bond acceptors (Lipinski definition) is 2. The van der Waals surface area contributed by atoms with Crippen molar-refractivity contribution < 1.29 is 18.7 Å². The molecule has 0 atom stereocenters. The van der Waals surface area contributed by atoms with Crippen LogP contribution < -0.4 is 0 Å². The predicted molar refractivity (Wildman–Crippen MR) is 47.8 cm³/mol. The topological polar surface area (TPSA) is 50.2 Å². The van der Waals surface area contributed by atoms with Crippen LogP contribution in [0.5, 0.6) is 0 Å². The number of carbonyl (C=O) groups is 1. The van der Waals surface area contributed by atoms with Gasteiger partial charge in [0.05, 0.1) is 5.02 Å². The van der Waals surface area contributed by atoms with Crippen molar-refractivity contribution in [3.63, 3.8) is 0 Å². The van der Waals surface area contributed by atoms with Crippen LogP contribution >= 0.6 is 23.2 Å². The Morgan fingerprint density at radius 3 is 2.29 bits per heavy atom. The number of hydrogen-bond donors (Lipinski definition) is 1. The smallest absolute Gasteiger partial charge is 0.335 e. The molecule has 1 aromatic rings. The monoisotopic (exact) mass is 243 g/mol. The summed E-state index contributed by atoms with van der Waals surface area (Å²) in [5.74, 6) is -2.03. The molecule has 0 radical (unpaired) electrons. The molecule has 0 spiro atoms. The fourth-order valence-electron chi connectivity index (χ4n) is 0.395. The Bertz CT molecular complexity index is 323. The number of aromatic nitrogens is 1. The summed E-state index contributed by atoms with van der Waals surface area (Å²) in [5, 5.41) is 7.61. The first kappa shape index (κ1) is 13.1. The van der Waals surface area contributed by atoms with Crippen molar-refractivity contribution in [1.29, 1.82) is 0 Å². The molecule has 0 amide bonds. The first-order chi connectivity index (χ1) is 6.47. The molecule has 7 heteroatoms. The van der Waals surface area contributed by atoms with Gasteiger partial charge in [-0.1, -0.05) is 23.2 Å². The second-order valence-electron chi connectivity index (χ2n) is 1.93. The van der Waals surface area contributed by atoms with E-state index in [1.807, 2.05) is 0 Å². The van der Waals surface area contributed by atoms with Gasteiger partial charge in [-0.25, -0.2) is 14.2 Å². The maximum atomic E-state index is 12.1. The summed E-state index contributed by atoms with van der Waals surface area (Å²) >= 11 is 10.8. The number of carboxylic acid groups (broad SMARTS) is 1. The highest BCUT2D eigenvalue weighted by Crippen LogP contribution is 2.17. The van der Waals surface area contributed by atoms with Crippen LogP contribution in [0.4, 0.5) is 8.78 Å². The van der Waals surface area contributed by atoms with Gasteiger partial charge < -0.3 is 5.11 Å². The molecule has 0 aliphatic carbocycles. The van der Waals surface area contributed by atoms with Gasteiger partial charge in [-0.3, -0.25) is 0 Å². The summed E-state index contributed by atoms with van der Waals surface area (Å²) in [6, 6.07) is 2.50. The van der Waals surface area contributed by atoms with Crippen molar-refractivity contribution in [1.82, 2.24) is 4.98 Å². The van der Waals surface area contributed by atoms with Crippen molar-refractivity contribution in [2.24, 2.45) is 0 Å². The summed E-state index contributed by atoms with van der Waals surface area (Å²) in [7, 11) is 0. The molecule has 0 aliphatic rings. The minimum absolute atomic E-state index is 0.00309. The molecular weight excluding hydrogens is 239 g/mol. The molecule has 3 nitrogen and oxygen atoms in total. The first-order valence-electron chi connectivity index (χ1n) is 3.22. The average molecular weight is 244 g/mol. The van der Waals surface area contributed by atoms with Gasteiger partial charge in [-0.15, -0.1) is 0 Å². The lowest BCUT2D eigenvalue weighted by Crippen LogP contribution is -1.93. The molecule has 0 bridgehead atoms. The van der Waals surface area contributed by atoms with Gasteiger partial charge in [0.1, 0.15) is 0 Å². The molecule has 78 valence electrons. The number of halogens is 4. The van der Waals surface area contributed by atoms with E-state index in [9.17, 15) is 8.78 Å². The standard InChI is InChI=1S/C5H2Cl2FN.C2H3FO2/c6-3-1-2-4(8)9-5(3)7;3-1-2(4)5/h1-2H;1H2,(H,4,5). The van der Waals surface area contributed by atoms with Crippen LogP contribution in [0.3, 0.4) is 0 Å². The Kier molecular flexibility index (Phi) is 6.07. The largest absolute Gasteiger partial charge is 0.479 e. The van der Waals surface area contributed by atoms with Crippen molar-refractivity contribution in [2.75, 3.05) is 6.67 Å². The second-order valence-corrected chi connectivity index (χ2v) is 2.70. The van der Waals surface area contributed by atoms with Crippen LogP contribution in [-0.2, 0) is 4.79 Å². The van der Waals surface area contributed by atoms with E-state index in [4.69, 9.17) is 33.1 Å². The molecule has 1 aromatic heterocycles. The number of aliphatic carboxylic acids is 1. The number of alkyl halides is 1. The normalized spacial score (nSPS) is 8.86. The molecule has 0 saturated heterocycles. The molecule has 0 aromatic carbocycles. The average Bonchev–Trinajstić information content (AvgIpc) is 2.13. The van der Waals surface area contributed by atoms with Crippen molar-refractivity contribution >= 4 is 29.2 Å². The van der Waals surface area contributed by atoms with E-state index >= 15 is 0 Å². The van der Waals surface area contributed by atoms with E-state index in [0.717, 1.165) is 6.07 Å². The predicted octanol–water partition coefficient (Wildman–Crippen LogP) is 2.57. The molecule has 1 rings (SSSR count). The number of carboxylic acids is 1. The highest BCUT2D eigenvalue weighted by Gasteiger charge is 1.97. The molecule has 1 heterocycles. The number of pyridine rings is 1. The van der Waals surface area contributed by atoms with Gasteiger partial charge in [0.15, 0.2) is 11.8 Å². The zero-order valence-corrected chi connectivity index (χ0v) is 8.19. The fourth-order valence-corrected chi connectivity index (χ4v) is 0.644. The van der Waals surface area contributed by atoms with E-state index in [2.05, 4.69) is 4.98 Å². The van der Waals surface area contributed by atoms with Gasteiger partial charge in [-0.05, 0) is 12.1 Å². The lowest BCUT2D eigenvalue weighted by atomic mass is 10.5. The highest BCUT2D eigenvalue weighted by molar-refractivity contribution is 6.41. The van der Waals surface area contributed by atoms with E-state index in [1.165, 1.54) is 6.07 Å². The van der Waals surface area contributed by atoms with Crippen molar-refractivity contribution in [2.45, 2.75) is 0 Å². The Morgan fingerprint density at radius 1 is 1.50 bits per heavy atom. The first-order valence-corrected chi connectivity index (χ1v) is 3.98. The number of rotatable bonds is 1. The quantitative estimate of drug-likeness (QED) is 0.772. The molecule has 0 unspecified atom stereocenters. The van der Waals surface area contributed by atoms with Crippen molar-refractivity contribution in [3.8, 4) is 0 Å². The summed E-state index contributed by atoms with van der Waals surface area (Å²) in [6.45, 7) is -1.28. The Morgan fingerprint density at radius 2 is 2.00 bits per heavy atom. The molecule has 0 aliphatic heterocycles. The van der Waals surface area contributed by atoms with Crippen LogP contribution in [0, 0.1) is 5.95 Å². The molecular formula is C7H5Cl2F2NO2. The SMILES string of the molecule is Fc1ccc(Cl)c(Cl)n1.O=C(O)CF. The number of nitrogens with zero attached hydrogens (tertiary/aromatic N) is 1. The van der Waals surface area contributed by atoms with E-state index in [-0.39, 0.29) is 10.2 Å². The minimum atomic E-state index is -1.41. The molecule has 0 fully saturated rings. The van der Waals surface area contributed by atoms with Crippen molar-refractivity contribution in [3.05, 3.63) is 28.3 Å². The Labute approximate surface area is 88.3 Å². The van der Waals surface area contributed by atoms with Gasteiger partial charge in [-0.2, -0.15) is 4.39 Å². The van der Waals surface area contributed by atoms with E-state index in [1.54, 1.807) is 0 Å². The second kappa shape index (κ2) is 6.50. The summed E-state index contributed by atoms with van der Waals surface area (Å²) in [4.78, 5) is 12.2. The lowest BCUT2D eigenvalue weighted by Gasteiger charge is -1.90. The molecule has 1 N–H and O–H groups in total. The highest BCUT2D eigenvalue weighted by atomic mass is 35.5. The minimum Gasteiger partial charge on any atom is -0.479 e. The summed E-state index contributed by atoms with van der Waals surface area (Å²) < 4.78 is 22.6. The van der Waals surface area contributed by atoms with Crippen LogP contribution in [0.25, 0.3) is 0 Å². The van der Waals surface area contributed by atoms with Gasteiger partial charge in [0.2, 0.25) is 5.95 Å². The fraction of sp³-hybridized carbons (Fsp3) is 0.143. The third kappa shape index (κ3) is 5.66. The Hall–Kier alpha value is -0.940. The third-order valence-electron chi connectivity index (χ3n) is 0.884. The zero-order valence-electron chi connectivity index (χ0n) is 6.68. The van der Waals surface area contributed by atoms with Crippen LogP contribution in [0.15, 0.2) is 12.1 Å².